The van der Waals surface area contributed by atoms with E-state index in [9.17, 15) is 4.79 Å². The Morgan fingerprint density at radius 1 is 1.44 bits per heavy atom. The average Bonchev–Trinajstić information content (AvgIpc) is 2.87. The Bertz CT molecular complexity index is 445. The number of hydrogen-bond acceptors (Lipinski definition) is 2. The molecule has 5 heteroatoms. The molecule has 0 radical (unpaired) electrons. The van der Waals surface area contributed by atoms with Gasteiger partial charge in [-0.05, 0) is 38.1 Å². The fraction of sp³-hybridized carbons (Fsp3) is 0.462. The summed E-state index contributed by atoms with van der Waals surface area (Å²) in [6, 6.07) is 5.30. The van der Waals surface area contributed by atoms with Crippen molar-refractivity contribution in [3.63, 3.8) is 0 Å². The third kappa shape index (κ3) is 2.79. The fourth-order valence-corrected chi connectivity index (χ4v) is 2.57. The summed E-state index contributed by atoms with van der Waals surface area (Å²) in [5, 5.41) is 4.16. The van der Waals surface area contributed by atoms with Crippen molar-refractivity contribution in [2.45, 2.75) is 19.4 Å². The molecule has 1 N–H and O–H groups in total. The number of nitrogens with one attached hydrogen (secondary N) is 1. The molecule has 1 aliphatic rings. The standard InChI is InChI=1S/C13H16Cl2N2O/c1-2-17(10-5-6-16-8-10)13(18)9-3-4-11(14)12(15)7-9/h3-4,7,10,16H,2,5-6,8H2,1H3. The molecule has 18 heavy (non-hydrogen) atoms. The van der Waals surface area contributed by atoms with Crippen molar-refractivity contribution in [2.24, 2.45) is 0 Å². The highest BCUT2D eigenvalue weighted by Gasteiger charge is 2.26. The van der Waals surface area contributed by atoms with Crippen molar-refractivity contribution < 1.29 is 4.79 Å². The molecule has 1 aliphatic heterocycles. The Hall–Kier alpha value is -0.770. The van der Waals surface area contributed by atoms with Gasteiger partial charge < -0.3 is 10.2 Å². The van der Waals surface area contributed by atoms with E-state index in [0.29, 0.717) is 22.2 Å². The molecular formula is C13H16Cl2N2O. The smallest absolute Gasteiger partial charge is 0.254 e. The van der Waals surface area contributed by atoms with Crippen molar-refractivity contribution in [2.75, 3.05) is 19.6 Å². The normalized spacial score (nSPS) is 18.9. The lowest BCUT2D eigenvalue weighted by Crippen LogP contribution is -2.41. The molecule has 1 fully saturated rings. The second-order valence-electron chi connectivity index (χ2n) is 4.37. The molecule has 0 bridgehead atoms. The highest BCUT2D eigenvalue weighted by Crippen LogP contribution is 2.24. The Labute approximate surface area is 117 Å². The fourth-order valence-electron chi connectivity index (χ4n) is 2.27. The van der Waals surface area contributed by atoms with Crippen LogP contribution in [-0.2, 0) is 0 Å². The molecule has 0 aromatic heterocycles. The van der Waals surface area contributed by atoms with Gasteiger partial charge in [0, 0.05) is 24.7 Å². The number of halogens is 2. The van der Waals surface area contributed by atoms with E-state index < -0.39 is 0 Å². The summed E-state index contributed by atoms with van der Waals surface area (Å²) < 4.78 is 0. The quantitative estimate of drug-likeness (QED) is 0.927. The predicted molar refractivity (Wildman–Crippen MR) is 74.4 cm³/mol. The summed E-state index contributed by atoms with van der Waals surface area (Å²) >= 11 is 11.8. The van der Waals surface area contributed by atoms with Gasteiger partial charge in [-0.1, -0.05) is 23.2 Å². The molecule has 1 heterocycles. The number of carbonyl (C=O) groups excluding carboxylic acids is 1. The molecule has 0 saturated carbocycles. The van der Waals surface area contributed by atoms with Gasteiger partial charge in [0.1, 0.15) is 0 Å². The lowest BCUT2D eigenvalue weighted by Gasteiger charge is -2.27. The Morgan fingerprint density at radius 3 is 2.78 bits per heavy atom. The number of amides is 1. The van der Waals surface area contributed by atoms with Gasteiger partial charge in [0.25, 0.3) is 5.91 Å². The first kappa shape index (κ1) is 13.7. The van der Waals surface area contributed by atoms with Crippen molar-refractivity contribution in [1.29, 1.82) is 0 Å². The minimum absolute atomic E-state index is 0.0183. The molecule has 0 aliphatic carbocycles. The topological polar surface area (TPSA) is 32.3 Å². The van der Waals surface area contributed by atoms with E-state index in [4.69, 9.17) is 23.2 Å². The van der Waals surface area contributed by atoms with Crippen molar-refractivity contribution in [3.05, 3.63) is 33.8 Å². The van der Waals surface area contributed by atoms with Crippen LogP contribution in [0.1, 0.15) is 23.7 Å². The van der Waals surface area contributed by atoms with Crippen molar-refractivity contribution in [1.82, 2.24) is 10.2 Å². The molecule has 1 unspecified atom stereocenters. The molecular weight excluding hydrogens is 271 g/mol. The highest BCUT2D eigenvalue weighted by atomic mass is 35.5. The Morgan fingerprint density at radius 2 is 2.22 bits per heavy atom. The summed E-state index contributed by atoms with van der Waals surface area (Å²) in [6.45, 7) is 4.52. The first-order valence-corrected chi connectivity index (χ1v) is 6.85. The zero-order chi connectivity index (χ0) is 13.1. The van der Waals surface area contributed by atoms with Crippen molar-refractivity contribution >= 4 is 29.1 Å². The lowest BCUT2D eigenvalue weighted by atomic mass is 10.1. The van der Waals surface area contributed by atoms with E-state index in [1.807, 2.05) is 11.8 Å². The van der Waals surface area contributed by atoms with Crippen LogP contribution in [0.5, 0.6) is 0 Å². The van der Waals surface area contributed by atoms with Gasteiger partial charge in [0.05, 0.1) is 10.0 Å². The first-order chi connectivity index (χ1) is 8.63. The summed E-state index contributed by atoms with van der Waals surface area (Å²) in [5.41, 5.74) is 0.596. The Kier molecular flexibility index (Phi) is 4.49. The van der Waals surface area contributed by atoms with Crippen LogP contribution in [-0.4, -0.2) is 36.5 Å². The molecule has 3 nitrogen and oxygen atoms in total. The van der Waals surface area contributed by atoms with Crippen LogP contribution in [0.25, 0.3) is 0 Å². The van der Waals surface area contributed by atoms with E-state index in [-0.39, 0.29) is 11.9 Å². The maximum absolute atomic E-state index is 12.4. The van der Waals surface area contributed by atoms with E-state index in [2.05, 4.69) is 5.32 Å². The van der Waals surface area contributed by atoms with Crippen LogP contribution >= 0.6 is 23.2 Å². The van der Waals surface area contributed by atoms with Gasteiger partial charge in [-0.2, -0.15) is 0 Å². The molecule has 1 aromatic rings. The maximum atomic E-state index is 12.4. The largest absolute Gasteiger partial charge is 0.335 e. The minimum atomic E-state index is 0.0183. The first-order valence-electron chi connectivity index (χ1n) is 6.10. The molecule has 0 spiro atoms. The number of carbonyl (C=O) groups is 1. The third-order valence-corrected chi connectivity index (χ3v) is 3.98. The number of nitrogens with zero attached hydrogens (tertiary/aromatic N) is 1. The van der Waals surface area contributed by atoms with Gasteiger partial charge in [0.2, 0.25) is 0 Å². The van der Waals surface area contributed by atoms with Gasteiger partial charge in [0.15, 0.2) is 0 Å². The monoisotopic (exact) mass is 286 g/mol. The lowest BCUT2D eigenvalue weighted by molar-refractivity contribution is 0.0704. The molecule has 2 rings (SSSR count). The van der Waals surface area contributed by atoms with Crippen LogP contribution in [0.2, 0.25) is 10.0 Å². The summed E-state index contributed by atoms with van der Waals surface area (Å²) in [4.78, 5) is 14.3. The third-order valence-electron chi connectivity index (χ3n) is 3.24. The molecule has 1 amide bonds. The zero-order valence-electron chi connectivity index (χ0n) is 10.2. The predicted octanol–water partition coefficient (Wildman–Crippen LogP) is 2.82. The number of rotatable bonds is 3. The number of likely N-dealkylation sites (N-methyl/N-ethyl adjacent to an activating group) is 1. The van der Waals surface area contributed by atoms with Gasteiger partial charge in [-0.25, -0.2) is 0 Å². The molecule has 1 atom stereocenters. The van der Waals surface area contributed by atoms with Gasteiger partial charge in [-0.3, -0.25) is 4.79 Å². The summed E-state index contributed by atoms with van der Waals surface area (Å²) in [7, 11) is 0. The second kappa shape index (κ2) is 5.91. The molecule has 1 aromatic carbocycles. The van der Waals surface area contributed by atoms with Crippen LogP contribution in [0.4, 0.5) is 0 Å². The van der Waals surface area contributed by atoms with Crippen molar-refractivity contribution in [3.8, 4) is 0 Å². The number of hydrogen-bond donors (Lipinski definition) is 1. The van der Waals surface area contributed by atoms with Gasteiger partial charge in [-0.15, -0.1) is 0 Å². The van der Waals surface area contributed by atoms with E-state index in [1.165, 1.54) is 0 Å². The van der Waals surface area contributed by atoms with Crippen LogP contribution in [0.15, 0.2) is 18.2 Å². The van der Waals surface area contributed by atoms with E-state index in [0.717, 1.165) is 19.5 Å². The maximum Gasteiger partial charge on any atom is 0.254 e. The zero-order valence-corrected chi connectivity index (χ0v) is 11.8. The molecule has 1 saturated heterocycles. The highest BCUT2D eigenvalue weighted by molar-refractivity contribution is 6.42. The summed E-state index contributed by atoms with van der Waals surface area (Å²) in [5.74, 6) is 0.0183. The minimum Gasteiger partial charge on any atom is -0.335 e. The summed E-state index contributed by atoms with van der Waals surface area (Å²) in [6.07, 6.45) is 1.00. The van der Waals surface area contributed by atoms with Crippen LogP contribution in [0.3, 0.4) is 0 Å². The number of benzene rings is 1. The van der Waals surface area contributed by atoms with Gasteiger partial charge >= 0.3 is 0 Å². The Balaban J connectivity index is 2.19. The molecule has 98 valence electrons. The van der Waals surface area contributed by atoms with Crippen LogP contribution in [0, 0.1) is 0 Å². The van der Waals surface area contributed by atoms with E-state index in [1.54, 1.807) is 18.2 Å². The van der Waals surface area contributed by atoms with E-state index >= 15 is 0 Å². The van der Waals surface area contributed by atoms with Crippen LogP contribution < -0.4 is 5.32 Å². The SMILES string of the molecule is CCN(C(=O)c1ccc(Cl)c(Cl)c1)C1CCNC1. The average molecular weight is 287 g/mol. The second-order valence-corrected chi connectivity index (χ2v) is 5.18.